The summed E-state index contributed by atoms with van der Waals surface area (Å²) in [6, 6.07) is 10.1. The minimum absolute atomic E-state index is 0.247. The Hall–Kier alpha value is -2.13. The van der Waals surface area contributed by atoms with E-state index >= 15 is 0 Å². The van der Waals surface area contributed by atoms with Crippen LogP contribution in [0.2, 0.25) is 0 Å². The summed E-state index contributed by atoms with van der Waals surface area (Å²) in [7, 11) is 1.81. The van der Waals surface area contributed by atoms with Gasteiger partial charge in [-0.25, -0.2) is 4.79 Å². The van der Waals surface area contributed by atoms with Gasteiger partial charge in [0.25, 0.3) is 0 Å². The van der Waals surface area contributed by atoms with E-state index in [-0.39, 0.29) is 11.3 Å². The molecule has 2 atom stereocenters. The van der Waals surface area contributed by atoms with E-state index < -0.39 is 12.1 Å². The average molecular weight is 457 g/mol. The molecule has 3 fully saturated rings. The smallest absolute Gasteiger partial charge is 0.475 e. The molecule has 1 aromatic rings. The van der Waals surface area contributed by atoms with Gasteiger partial charge in [-0.05, 0) is 30.7 Å². The normalized spacial score (nSPS) is 25.6. The van der Waals surface area contributed by atoms with Crippen molar-refractivity contribution in [3.8, 4) is 0 Å². The van der Waals surface area contributed by atoms with Gasteiger partial charge >= 0.3 is 12.1 Å². The summed E-state index contributed by atoms with van der Waals surface area (Å²) >= 11 is 0. The van der Waals surface area contributed by atoms with Crippen molar-refractivity contribution in [2.75, 3.05) is 46.4 Å². The first-order valence-electron chi connectivity index (χ1n) is 11.0. The molecule has 1 saturated carbocycles. The van der Waals surface area contributed by atoms with Gasteiger partial charge in [-0.3, -0.25) is 4.79 Å². The van der Waals surface area contributed by atoms with Crippen LogP contribution in [0.15, 0.2) is 30.3 Å². The largest absolute Gasteiger partial charge is 0.490 e. The summed E-state index contributed by atoms with van der Waals surface area (Å²) in [5.74, 6) is -0.992. The quantitative estimate of drug-likeness (QED) is 0.713. The maximum Gasteiger partial charge on any atom is 0.490 e. The highest BCUT2D eigenvalue weighted by Gasteiger charge is 2.51. The number of methoxy groups -OCH3 is 1. The fraction of sp³-hybridized carbons (Fsp3) is 0.652. The van der Waals surface area contributed by atoms with Gasteiger partial charge in [0.2, 0.25) is 5.91 Å². The molecule has 1 amide bonds. The lowest BCUT2D eigenvalue weighted by molar-refractivity contribution is -0.192. The number of aliphatic carboxylic acids is 1. The molecule has 32 heavy (non-hydrogen) atoms. The molecule has 0 radical (unpaired) electrons. The number of carboxylic acid groups (broad SMARTS) is 1. The van der Waals surface area contributed by atoms with E-state index in [9.17, 15) is 18.0 Å². The van der Waals surface area contributed by atoms with Crippen molar-refractivity contribution in [1.82, 2.24) is 9.80 Å². The van der Waals surface area contributed by atoms with Crippen molar-refractivity contribution in [3.05, 3.63) is 35.9 Å². The summed E-state index contributed by atoms with van der Waals surface area (Å²) in [4.78, 5) is 26.4. The van der Waals surface area contributed by atoms with Crippen molar-refractivity contribution in [2.24, 2.45) is 17.3 Å². The molecule has 178 valence electrons. The third kappa shape index (κ3) is 6.45. The highest BCUT2D eigenvalue weighted by Crippen LogP contribution is 2.45. The molecule has 2 aliphatic heterocycles. The van der Waals surface area contributed by atoms with Crippen LogP contribution in [-0.4, -0.2) is 79.4 Å². The zero-order chi connectivity index (χ0) is 23.4. The van der Waals surface area contributed by atoms with E-state index in [1.807, 2.05) is 37.4 Å². The molecule has 3 aliphatic rings. The molecule has 2 heterocycles. The lowest BCUT2D eigenvalue weighted by Crippen LogP contribution is -2.38. The Kier molecular flexibility index (Phi) is 7.82. The number of amides is 1. The van der Waals surface area contributed by atoms with E-state index in [0.29, 0.717) is 12.3 Å². The van der Waals surface area contributed by atoms with Crippen LogP contribution in [-0.2, 0) is 20.7 Å². The molecular formula is C23H31F3N2O4. The second kappa shape index (κ2) is 10.2. The van der Waals surface area contributed by atoms with Gasteiger partial charge < -0.3 is 19.6 Å². The molecule has 1 aliphatic carbocycles. The molecular weight excluding hydrogens is 425 g/mol. The predicted molar refractivity (Wildman–Crippen MR) is 112 cm³/mol. The van der Waals surface area contributed by atoms with Crippen molar-refractivity contribution >= 4 is 11.9 Å². The van der Waals surface area contributed by atoms with Gasteiger partial charge in [0.05, 0.1) is 13.0 Å². The fourth-order valence-electron chi connectivity index (χ4n) is 4.83. The minimum atomic E-state index is -5.08. The first-order chi connectivity index (χ1) is 15.1. The second-order valence-electron chi connectivity index (χ2n) is 9.18. The number of likely N-dealkylation sites (tertiary alicyclic amines) is 2. The summed E-state index contributed by atoms with van der Waals surface area (Å²) < 4.78 is 37.3. The first kappa shape index (κ1) is 24.5. The number of alkyl halides is 3. The number of hydrogen-bond acceptors (Lipinski definition) is 4. The maximum atomic E-state index is 12.8. The lowest BCUT2D eigenvalue weighted by atomic mass is 9.77. The van der Waals surface area contributed by atoms with Crippen molar-refractivity contribution < 1.29 is 32.6 Å². The number of rotatable bonds is 6. The lowest BCUT2D eigenvalue weighted by Gasteiger charge is -2.30. The van der Waals surface area contributed by atoms with E-state index in [4.69, 9.17) is 14.6 Å². The SMILES string of the molecule is COC[C@@H]1CN(CC2CC2)C[C@@]12CCN(C(=O)Cc1ccccc1)C2.O=C(O)C(F)(F)F. The number of carbonyl (C=O) groups excluding carboxylic acids is 1. The van der Waals surface area contributed by atoms with Gasteiger partial charge in [-0.1, -0.05) is 30.3 Å². The molecule has 2 saturated heterocycles. The highest BCUT2D eigenvalue weighted by molar-refractivity contribution is 5.79. The van der Waals surface area contributed by atoms with Crippen LogP contribution < -0.4 is 0 Å². The number of nitrogens with zero attached hydrogens (tertiary/aromatic N) is 2. The zero-order valence-corrected chi connectivity index (χ0v) is 18.3. The molecule has 4 rings (SSSR count). The minimum Gasteiger partial charge on any atom is -0.475 e. The number of ether oxygens (including phenoxy) is 1. The monoisotopic (exact) mass is 456 g/mol. The number of benzene rings is 1. The third-order valence-electron chi connectivity index (χ3n) is 6.64. The fourth-order valence-corrected chi connectivity index (χ4v) is 4.83. The number of hydrogen-bond donors (Lipinski definition) is 1. The average Bonchev–Trinajstić information content (AvgIpc) is 3.34. The van der Waals surface area contributed by atoms with Crippen LogP contribution >= 0.6 is 0 Å². The van der Waals surface area contributed by atoms with Gasteiger partial charge in [-0.15, -0.1) is 0 Å². The molecule has 1 aromatic carbocycles. The Morgan fingerprint density at radius 3 is 2.41 bits per heavy atom. The van der Waals surface area contributed by atoms with Gasteiger partial charge in [0, 0.05) is 51.2 Å². The van der Waals surface area contributed by atoms with Crippen LogP contribution in [0.4, 0.5) is 13.2 Å². The van der Waals surface area contributed by atoms with E-state index in [0.717, 1.165) is 50.7 Å². The van der Waals surface area contributed by atoms with Crippen LogP contribution in [0.25, 0.3) is 0 Å². The van der Waals surface area contributed by atoms with Gasteiger partial charge in [0.15, 0.2) is 0 Å². The standard InChI is InChI=1S/C21H30N2O2.C2HF3O2/c1-25-14-19-13-22(12-18-7-8-18)15-21(19)9-10-23(16-21)20(24)11-17-5-3-2-4-6-17;3-2(4,5)1(6)7/h2-6,18-19H,7-16H2,1H3;(H,6,7)/t19-,21+;/m0./s1. The first-order valence-corrected chi connectivity index (χ1v) is 11.0. The van der Waals surface area contributed by atoms with E-state index in [1.165, 1.54) is 19.4 Å². The predicted octanol–water partition coefficient (Wildman–Crippen LogP) is 3.07. The Labute approximate surface area is 186 Å². The van der Waals surface area contributed by atoms with Crippen molar-refractivity contribution in [2.45, 2.75) is 31.9 Å². The van der Waals surface area contributed by atoms with Crippen LogP contribution in [0.5, 0.6) is 0 Å². The summed E-state index contributed by atoms with van der Waals surface area (Å²) in [5, 5.41) is 7.12. The molecule has 1 N–H and O–H groups in total. The van der Waals surface area contributed by atoms with Crippen molar-refractivity contribution in [3.63, 3.8) is 0 Å². The molecule has 0 bridgehead atoms. The number of carboxylic acids is 1. The molecule has 0 aromatic heterocycles. The van der Waals surface area contributed by atoms with Crippen LogP contribution in [0, 0.1) is 17.3 Å². The molecule has 0 unspecified atom stereocenters. The topological polar surface area (TPSA) is 70.1 Å². The van der Waals surface area contributed by atoms with Gasteiger partial charge in [-0.2, -0.15) is 13.2 Å². The van der Waals surface area contributed by atoms with E-state index in [2.05, 4.69) is 9.80 Å². The maximum absolute atomic E-state index is 12.8. The van der Waals surface area contributed by atoms with E-state index in [1.54, 1.807) is 0 Å². The Bertz CT molecular complexity index is 785. The van der Waals surface area contributed by atoms with Crippen molar-refractivity contribution in [1.29, 1.82) is 0 Å². The zero-order valence-electron chi connectivity index (χ0n) is 18.3. The third-order valence-corrected chi connectivity index (χ3v) is 6.64. The molecule has 6 nitrogen and oxygen atoms in total. The molecule has 1 spiro atoms. The summed E-state index contributed by atoms with van der Waals surface area (Å²) in [5.41, 5.74) is 1.36. The summed E-state index contributed by atoms with van der Waals surface area (Å²) in [6.07, 6.45) is -0.624. The van der Waals surface area contributed by atoms with Gasteiger partial charge in [0.1, 0.15) is 0 Å². The van der Waals surface area contributed by atoms with Crippen LogP contribution in [0.3, 0.4) is 0 Å². The Balaban J connectivity index is 0.000000360. The number of carbonyl (C=O) groups is 2. The second-order valence-corrected chi connectivity index (χ2v) is 9.18. The Morgan fingerprint density at radius 1 is 1.19 bits per heavy atom. The molecule has 9 heteroatoms. The number of halogens is 3. The highest BCUT2D eigenvalue weighted by atomic mass is 19.4. The summed E-state index contributed by atoms with van der Waals surface area (Å²) in [6.45, 7) is 6.18. The van der Waals surface area contributed by atoms with Crippen LogP contribution in [0.1, 0.15) is 24.8 Å². The Morgan fingerprint density at radius 2 is 1.84 bits per heavy atom.